The Morgan fingerprint density at radius 3 is 2.86 bits per heavy atom. The van der Waals surface area contributed by atoms with Crippen LogP contribution in [0.4, 0.5) is 4.39 Å². The number of aryl methyl sites for hydroxylation is 1. The van der Waals surface area contributed by atoms with E-state index in [1.54, 1.807) is 19.2 Å². The number of hydrogen-bond acceptors (Lipinski definition) is 1. The number of methoxy groups -OCH3 is 1. The van der Waals surface area contributed by atoms with Gasteiger partial charge < -0.3 is 4.74 Å². The van der Waals surface area contributed by atoms with E-state index in [0.29, 0.717) is 12.5 Å². The summed E-state index contributed by atoms with van der Waals surface area (Å²) in [5, 5.41) is 0. The molecule has 1 heterocycles. The SMILES string of the molecule is CCCn1cc[n+](Cc2cc(F)ccc2OC)c1C1CC1. The van der Waals surface area contributed by atoms with Crippen molar-refractivity contribution in [2.75, 3.05) is 7.11 Å². The second-order valence-corrected chi connectivity index (χ2v) is 5.71. The molecule has 0 aliphatic heterocycles. The number of rotatable bonds is 6. The Kier molecular flexibility index (Phi) is 3.95. The lowest BCUT2D eigenvalue weighted by Gasteiger charge is -2.08. The van der Waals surface area contributed by atoms with Crippen LogP contribution in [0.25, 0.3) is 0 Å². The second-order valence-electron chi connectivity index (χ2n) is 5.71. The minimum Gasteiger partial charge on any atom is -0.496 e. The Morgan fingerprint density at radius 2 is 2.19 bits per heavy atom. The van der Waals surface area contributed by atoms with Crippen molar-refractivity contribution in [3.8, 4) is 5.75 Å². The average molecular weight is 289 g/mol. The maximum absolute atomic E-state index is 13.5. The summed E-state index contributed by atoms with van der Waals surface area (Å²) in [6.07, 6.45) is 7.89. The predicted octanol–water partition coefficient (Wildman–Crippen LogP) is 3.26. The van der Waals surface area contributed by atoms with E-state index in [0.717, 1.165) is 24.3 Å². The molecular weight excluding hydrogens is 267 g/mol. The zero-order valence-corrected chi connectivity index (χ0v) is 12.7. The van der Waals surface area contributed by atoms with Crippen LogP contribution in [0.3, 0.4) is 0 Å². The number of halogens is 1. The fourth-order valence-electron chi connectivity index (χ4n) is 2.91. The van der Waals surface area contributed by atoms with Crippen LogP contribution < -0.4 is 9.30 Å². The Morgan fingerprint density at radius 1 is 1.38 bits per heavy atom. The van der Waals surface area contributed by atoms with Crippen molar-refractivity contribution in [2.45, 2.75) is 45.2 Å². The number of ether oxygens (including phenoxy) is 1. The zero-order valence-electron chi connectivity index (χ0n) is 12.7. The third kappa shape index (κ3) is 2.94. The normalized spacial score (nSPS) is 14.4. The maximum atomic E-state index is 13.5. The Balaban J connectivity index is 1.93. The molecule has 1 aromatic heterocycles. The van der Waals surface area contributed by atoms with Crippen molar-refractivity contribution in [3.05, 3.63) is 47.8 Å². The maximum Gasteiger partial charge on any atom is 0.259 e. The van der Waals surface area contributed by atoms with E-state index < -0.39 is 0 Å². The number of nitrogens with zero attached hydrogens (tertiary/aromatic N) is 2. The minimum atomic E-state index is -0.215. The average Bonchev–Trinajstić information content (AvgIpc) is 3.23. The molecule has 2 aromatic rings. The Labute approximate surface area is 125 Å². The van der Waals surface area contributed by atoms with Gasteiger partial charge in [0.2, 0.25) is 0 Å². The fraction of sp³-hybridized carbons (Fsp3) is 0.471. The minimum absolute atomic E-state index is 0.215. The highest BCUT2D eigenvalue weighted by Crippen LogP contribution is 2.38. The van der Waals surface area contributed by atoms with Gasteiger partial charge in [-0.15, -0.1) is 0 Å². The molecule has 21 heavy (non-hydrogen) atoms. The largest absolute Gasteiger partial charge is 0.496 e. The van der Waals surface area contributed by atoms with Gasteiger partial charge in [0.1, 0.15) is 30.5 Å². The molecule has 1 fully saturated rings. The first kappa shape index (κ1) is 14.1. The molecular formula is C17H22FN2O+. The van der Waals surface area contributed by atoms with Crippen LogP contribution >= 0.6 is 0 Å². The van der Waals surface area contributed by atoms with E-state index in [4.69, 9.17) is 4.74 Å². The zero-order chi connectivity index (χ0) is 14.8. The molecule has 4 heteroatoms. The van der Waals surface area contributed by atoms with Crippen LogP contribution in [0.1, 0.15) is 43.5 Å². The topological polar surface area (TPSA) is 18.0 Å². The molecule has 1 saturated carbocycles. The van der Waals surface area contributed by atoms with Gasteiger partial charge in [-0.3, -0.25) is 0 Å². The third-order valence-electron chi connectivity index (χ3n) is 4.01. The van der Waals surface area contributed by atoms with Crippen LogP contribution in [0.15, 0.2) is 30.6 Å². The van der Waals surface area contributed by atoms with E-state index in [1.165, 1.54) is 24.7 Å². The van der Waals surface area contributed by atoms with Crippen molar-refractivity contribution in [3.63, 3.8) is 0 Å². The first-order valence-corrected chi connectivity index (χ1v) is 7.63. The third-order valence-corrected chi connectivity index (χ3v) is 4.01. The van der Waals surface area contributed by atoms with E-state index in [1.807, 2.05) is 0 Å². The van der Waals surface area contributed by atoms with Crippen molar-refractivity contribution in [2.24, 2.45) is 0 Å². The van der Waals surface area contributed by atoms with Crippen LogP contribution in [-0.2, 0) is 13.1 Å². The monoisotopic (exact) mass is 289 g/mol. The van der Waals surface area contributed by atoms with Gasteiger partial charge in [-0.25, -0.2) is 13.5 Å². The van der Waals surface area contributed by atoms with Crippen molar-refractivity contribution in [1.82, 2.24) is 4.57 Å². The lowest BCUT2D eigenvalue weighted by atomic mass is 10.2. The van der Waals surface area contributed by atoms with Gasteiger partial charge in [0, 0.05) is 5.56 Å². The molecule has 3 rings (SSSR count). The molecule has 0 saturated heterocycles. The molecule has 3 nitrogen and oxygen atoms in total. The summed E-state index contributed by atoms with van der Waals surface area (Å²) in [5.41, 5.74) is 0.888. The molecule has 0 atom stereocenters. The van der Waals surface area contributed by atoms with Crippen molar-refractivity contribution < 1.29 is 13.7 Å². The summed E-state index contributed by atoms with van der Waals surface area (Å²) in [4.78, 5) is 0. The standard InChI is InChI=1S/C17H22FN2O/c1-3-8-19-9-10-20(17(19)13-4-5-13)12-14-11-15(18)6-7-16(14)21-2/h6-7,9-11,13H,3-5,8,12H2,1-2H3/q+1. The van der Waals surface area contributed by atoms with Gasteiger partial charge >= 0.3 is 0 Å². The Hall–Kier alpha value is -1.84. The highest BCUT2D eigenvalue weighted by molar-refractivity contribution is 5.33. The number of aromatic nitrogens is 2. The number of hydrogen-bond donors (Lipinski definition) is 0. The van der Waals surface area contributed by atoms with Crippen LogP contribution in [0.5, 0.6) is 5.75 Å². The highest BCUT2D eigenvalue weighted by atomic mass is 19.1. The van der Waals surface area contributed by atoms with Crippen molar-refractivity contribution in [1.29, 1.82) is 0 Å². The quantitative estimate of drug-likeness (QED) is 0.747. The molecule has 0 unspecified atom stereocenters. The van der Waals surface area contributed by atoms with Crippen LogP contribution in [-0.4, -0.2) is 11.7 Å². The van der Waals surface area contributed by atoms with E-state index in [-0.39, 0.29) is 5.82 Å². The molecule has 1 aliphatic rings. The summed E-state index contributed by atoms with van der Waals surface area (Å²) in [5.74, 6) is 2.55. The van der Waals surface area contributed by atoms with E-state index >= 15 is 0 Å². The highest BCUT2D eigenvalue weighted by Gasteiger charge is 2.35. The van der Waals surface area contributed by atoms with Gasteiger partial charge in [0.25, 0.3) is 5.82 Å². The second kappa shape index (κ2) is 5.88. The van der Waals surface area contributed by atoms with Crippen LogP contribution in [0, 0.1) is 5.82 Å². The molecule has 0 spiro atoms. The lowest BCUT2D eigenvalue weighted by molar-refractivity contribution is -0.695. The molecule has 0 N–H and O–H groups in total. The summed E-state index contributed by atoms with van der Waals surface area (Å²) in [7, 11) is 1.63. The lowest BCUT2D eigenvalue weighted by Crippen LogP contribution is -2.37. The summed E-state index contributed by atoms with van der Waals surface area (Å²) < 4.78 is 23.4. The fourth-order valence-corrected chi connectivity index (χ4v) is 2.91. The molecule has 1 aliphatic carbocycles. The van der Waals surface area contributed by atoms with Gasteiger partial charge in [0.05, 0.1) is 19.6 Å². The molecule has 0 radical (unpaired) electrons. The van der Waals surface area contributed by atoms with Gasteiger partial charge in [-0.05, 0) is 37.5 Å². The van der Waals surface area contributed by atoms with Crippen LogP contribution in [0.2, 0.25) is 0 Å². The smallest absolute Gasteiger partial charge is 0.259 e. The molecule has 0 bridgehead atoms. The number of imidazole rings is 1. The Bertz CT molecular complexity index is 632. The molecule has 0 amide bonds. The first-order valence-electron chi connectivity index (χ1n) is 7.63. The van der Waals surface area contributed by atoms with Crippen molar-refractivity contribution >= 4 is 0 Å². The molecule has 1 aromatic carbocycles. The predicted molar refractivity (Wildman–Crippen MR) is 78.9 cm³/mol. The van der Waals surface area contributed by atoms with Gasteiger partial charge in [0.15, 0.2) is 0 Å². The molecule has 112 valence electrons. The van der Waals surface area contributed by atoms with E-state index in [9.17, 15) is 4.39 Å². The summed E-state index contributed by atoms with van der Waals surface area (Å²) in [6, 6.07) is 4.71. The van der Waals surface area contributed by atoms with E-state index in [2.05, 4.69) is 28.5 Å². The number of benzene rings is 1. The van der Waals surface area contributed by atoms with Gasteiger partial charge in [-0.1, -0.05) is 6.92 Å². The summed E-state index contributed by atoms with van der Waals surface area (Å²) >= 11 is 0. The van der Waals surface area contributed by atoms with Gasteiger partial charge in [-0.2, -0.15) is 0 Å². The first-order chi connectivity index (χ1) is 10.2. The summed E-state index contributed by atoms with van der Waals surface area (Å²) in [6.45, 7) is 3.89.